The molecule has 0 saturated heterocycles. The second-order valence-corrected chi connectivity index (χ2v) is 5.23. The molecule has 3 heteroatoms. The van der Waals surface area contributed by atoms with Crippen molar-refractivity contribution in [1.82, 2.24) is 0 Å². The van der Waals surface area contributed by atoms with Crippen LogP contribution in [0.1, 0.15) is 84.0 Å². The minimum atomic E-state index is -0.176. The van der Waals surface area contributed by atoms with Crippen LogP contribution in [0.25, 0.3) is 0 Å². The molecule has 0 aliphatic carbocycles. The van der Waals surface area contributed by atoms with Crippen molar-refractivity contribution in [2.24, 2.45) is 0 Å². The fourth-order valence-corrected chi connectivity index (χ4v) is 2.17. The molecule has 0 aromatic carbocycles. The van der Waals surface area contributed by atoms with Gasteiger partial charge in [0, 0.05) is 6.42 Å². The van der Waals surface area contributed by atoms with Gasteiger partial charge in [0.15, 0.2) is 0 Å². The normalized spacial score (nSPS) is 10.6. The van der Waals surface area contributed by atoms with Crippen LogP contribution in [0.4, 0.5) is 0 Å². The van der Waals surface area contributed by atoms with Crippen LogP contribution in [0, 0.1) is 0 Å². The molecule has 0 aliphatic heterocycles. The molecule has 1 N–H and O–H groups in total. The Hall–Kier alpha value is -0.570. The summed E-state index contributed by atoms with van der Waals surface area (Å²) in [5.41, 5.74) is 0. The quantitative estimate of drug-likeness (QED) is 0.380. The number of ether oxygens (including phenoxy) is 1. The van der Waals surface area contributed by atoms with E-state index in [1.54, 1.807) is 0 Å². The van der Waals surface area contributed by atoms with E-state index in [2.05, 4.69) is 6.92 Å². The number of hydrogen-bond donors (Lipinski definition) is 1. The van der Waals surface area contributed by atoms with Gasteiger partial charge in [-0.15, -0.1) is 0 Å². The van der Waals surface area contributed by atoms with E-state index in [0.29, 0.717) is 6.42 Å². The summed E-state index contributed by atoms with van der Waals surface area (Å²) in [7, 11) is 0. The minimum absolute atomic E-state index is 0.0794. The van der Waals surface area contributed by atoms with Crippen molar-refractivity contribution in [2.75, 3.05) is 13.2 Å². The highest BCUT2D eigenvalue weighted by Crippen LogP contribution is 2.12. The van der Waals surface area contributed by atoms with E-state index in [0.717, 1.165) is 12.8 Å². The molecule has 0 bridgehead atoms. The number of hydrogen-bond acceptors (Lipinski definition) is 3. The summed E-state index contributed by atoms with van der Waals surface area (Å²) >= 11 is 0. The molecule has 0 atom stereocenters. The lowest BCUT2D eigenvalue weighted by molar-refractivity contribution is -0.144. The van der Waals surface area contributed by atoms with Gasteiger partial charge in [0.1, 0.15) is 6.61 Å². The van der Waals surface area contributed by atoms with Crippen molar-refractivity contribution in [2.45, 2.75) is 84.0 Å². The maximum Gasteiger partial charge on any atom is 0.305 e. The highest BCUT2D eigenvalue weighted by molar-refractivity contribution is 5.69. The van der Waals surface area contributed by atoms with Crippen molar-refractivity contribution in [3.8, 4) is 0 Å². The largest absolute Gasteiger partial charge is 0.463 e. The highest BCUT2D eigenvalue weighted by Gasteiger charge is 2.01. The van der Waals surface area contributed by atoms with Gasteiger partial charge in [-0.25, -0.2) is 0 Å². The van der Waals surface area contributed by atoms with Crippen LogP contribution in [0.15, 0.2) is 0 Å². The Kier molecular flexibility index (Phi) is 15.0. The summed E-state index contributed by atoms with van der Waals surface area (Å²) < 4.78 is 4.79. The van der Waals surface area contributed by atoms with Gasteiger partial charge in [0.05, 0.1) is 6.61 Å². The van der Waals surface area contributed by atoms with Crippen molar-refractivity contribution in [3.63, 3.8) is 0 Å². The zero-order valence-electron chi connectivity index (χ0n) is 12.7. The zero-order valence-corrected chi connectivity index (χ0v) is 12.7. The van der Waals surface area contributed by atoms with Gasteiger partial charge in [0.2, 0.25) is 0 Å². The van der Waals surface area contributed by atoms with E-state index in [1.165, 1.54) is 57.8 Å². The Morgan fingerprint density at radius 3 is 1.79 bits per heavy atom. The van der Waals surface area contributed by atoms with Crippen molar-refractivity contribution in [3.05, 3.63) is 0 Å². The van der Waals surface area contributed by atoms with Crippen molar-refractivity contribution in [1.29, 1.82) is 0 Å². The van der Waals surface area contributed by atoms with Crippen LogP contribution < -0.4 is 0 Å². The summed E-state index contributed by atoms with van der Waals surface area (Å²) in [6.07, 6.45) is 14.6. The van der Waals surface area contributed by atoms with Gasteiger partial charge in [-0.2, -0.15) is 0 Å². The number of unbranched alkanes of at least 4 members (excludes halogenated alkanes) is 10. The number of aliphatic hydroxyl groups excluding tert-OH is 1. The van der Waals surface area contributed by atoms with Crippen molar-refractivity contribution < 1.29 is 14.6 Å². The zero-order chi connectivity index (χ0) is 14.2. The molecule has 0 aromatic heterocycles. The summed E-state index contributed by atoms with van der Waals surface area (Å²) in [5, 5.41) is 8.50. The van der Waals surface area contributed by atoms with E-state index >= 15 is 0 Å². The molecule has 0 aromatic rings. The van der Waals surface area contributed by atoms with Gasteiger partial charge in [-0.1, -0.05) is 71.1 Å². The van der Waals surface area contributed by atoms with Crippen LogP contribution in [0.5, 0.6) is 0 Å². The molecule has 0 aliphatic rings. The Bertz CT molecular complexity index is 192. The molecular formula is C16H32O3. The molecule has 0 saturated carbocycles. The number of esters is 1. The highest BCUT2D eigenvalue weighted by atomic mass is 16.5. The number of aliphatic hydroxyl groups is 1. The molecule has 0 radical (unpaired) electrons. The first-order valence-electron chi connectivity index (χ1n) is 8.07. The molecule has 3 nitrogen and oxygen atoms in total. The van der Waals surface area contributed by atoms with Crippen LogP contribution >= 0.6 is 0 Å². The monoisotopic (exact) mass is 272 g/mol. The van der Waals surface area contributed by atoms with Crippen LogP contribution in [0.3, 0.4) is 0 Å². The average Bonchev–Trinajstić information content (AvgIpc) is 2.42. The SMILES string of the molecule is CCCCCCCCCCCCCC(=O)OCCO. The minimum Gasteiger partial charge on any atom is -0.463 e. The molecule has 0 unspecified atom stereocenters. The number of carbonyl (C=O) groups is 1. The third-order valence-corrected chi connectivity index (χ3v) is 3.34. The number of carbonyl (C=O) groups excluding carboxylic acids is 1. The lowest BCUT2D eigenvalue weighted by Crippen LogP contribution is -2.07. The van der Waals surface area contributed by atoms with Crippen molar-refractivity contribution >= 4 is 5.97 Å². The third kappa shape index (κ3) is 15.4. The molecule has 0 fully saturated rings. The molecular weight excluding hydrogens is 240 g/mol. The second-order valence-electron chi connectivity index (χ2n) is 5.23. The van der Waals surface area contributed by atoms with Crippen LogP contribution in [-0.2, 0) is 9.53 Å². The first kappa shape index (κ1) is 18.4. The molecule has 0 amide bonds. The Morgan fingerprint density at radius 2 is 1.32 bits per heavy atom. The van der Waals surface area contributed by atoms with E-state index in [-0.39, 0.29) is 19.2 Å². The first-order valence-corrected chi connectivity index (χ1v) is 8.07. The molecule has 114 valence electrons. The van der Waals surface area contributed by atoms with E-state index in [1.807, 2.05) is 0 Å². The van der Waals surface area contributed by atoms with E-state index < -0.39 is 0 Å². The standard InChI is InChI=1S/C16H32O3/c1-2-3-4-5-6-7-8-9-10-11-12-13-16(18)19-15-14-17/h17H,2-15H2,1H3. The summed E-state index contributed by atoms with van der Waals surface area (Å²) in [6.45, 7) is 2.31. The fraction of sp³-hybridized carbons (Fsp3) is 0.938. The Morgan fingerprint density at radius 1 is 0.842 bits per heavy atom. The second kappa shape index (κ2) is 15.5. The summed E-state index contributed by atoms with van der Waals surface area (Å²) in [6, 6.07) is 0. The summed E-state index contributed by atoms with van der Waals surface area (Å²) in [5.74, 6) is -0.176. The van der Waals surface area contributed by atoms with Gasteiger partial charge < -0.3 is 9.84 Å². The molecule has 0 spiro atoms. The number of rotatable bonds is 14. The molecule has 19 heavy (non-hydrogen) atoms. The average molecular weight is 272 g/mol. The van der Waals surface area contributed by atoms with E-state index in [9.17, 15) is 4.79 Å². The summed E-state index contributed by atoms with van der Waals surface area (Å²) in [4.78, 5) is 11.1. The third-order valence-electron chi connectivity index (χ3n) is 3.34. The Balaban J connectivity index is 3.04. The molecule has 0 heterocycles. The maximum absolute atomic E-state index is 11.1. The van der Waals surface area contributed by atoms with Crippen LogP contribution in [0.2, 0.25) is 0 Å². The lowest BCUT2D eigenvalue weighted by atomic mass is 10.1. The lowest BCUT2D eigenvalue weighted by Gasteiger charge is -2.03. The van der Waals surface area contributed by atoms with Gasteiger partial charge >= 0.3 is 5.97 Å². The molecule has 0 rings (SSSR count). The predicted molar refractivity (Wildman–Crippen MR) is 79.1 cm³/mol. The van der Waals surface area contributed by atoms with Crippen LogP contribution in [-0.4, -0.2) is 24.3 Å². The van der Waals surface area contributed by atoms with Gasteiger partial charge in [0.25, 0.3) is 0 Å². The first-order chi connectivity index (χ1) is 9.31. The topological polar surface area (TPSA) is 46.5 Å². The van der Waals surface area contributed by atoms with E-state index in [4.69, 9.17) is 9.84 Å². The Labute approximate surface area is 118 Å². The van der Waals surface area contributed by atoms with Gasteiger partial charge in [-0.05, 0) is 6.42 Å². The fourth-order valence-electron chi connectivity index (χ4n) is 2.17. The van der Waals surface area contributed by atoms with Gasteiger partial charge in [-0.3, -0.25) is 4.79 Å². The smallest absolute Gasteiger partial charge is 0.305 e. The predicted octanol–water partition coefficient (Wildman–Crippen LogP) is 4.22. The maximum atomic E-state index is 11.1.